The lowest BCUT2D eigenvalue weighted by molar-refractivity contribution is 0.494. The molecule has 0 saturated carbocycles. The molecule has 10 aromatic rings. The first-order valence-corrected chi connectivity index (χ1v) is 27.2. The summed E-state index contributed by atoms with van der Waals surface area (Å²) < 4.78 is 42.7. The maximum Gasteiger partial charge on any atom is 0.453 e. The van der Waals surface area contributed by atoms with Gasteiger partial charge >= 0.3 is 16.5 Å². The highest BCUT2D eigenvalue weighted by Gasteiger charge is 2.27. The van der Waals surface area contributed by atoms with Crippen molar-refractivity contribution in [1.82, 2.24) is 0 Å². The van der Waals surface area contributed by atoms with Crippen LogP contribution in [0.25, 0.3) is 76.5 Å². The highest BCUT2D eigenvalue weighted by atomic mass is 31.1. The Morgan fingerprint density at radius 2 is 0.618 bits per heavy atom. The Morgan fingerprint density at radius 1 is 0.309 bits per heavy atom. The number of fused-ring (bicyclic) bond motifs is 16. The molecule has 0 spiro atoms. The summed E-state index contributed by atoms with van der Waals surface area (Å²) in [6.45, 7) is 0. The van der Waals surface area contributed by atoms with Gasteiger partial charge in [-0.25, -0.2) is 0 Å². The quantitative estimate of drug-likeness (QED) is 0.171. The fraction of sp³-hybridized carbons (Fsp3) is 0.267. The SMILES string of the molecule is c1ccc2c(-c3c(Op4oc5ccc6c(c5c5c7c(ccc5o4)CCCC7)CCCC6)ccc4ccccc34)c(Op3oc4ccc5c(c4c4c6c(ccc4o3)CCCC6)CCCC5)ccc2c1. The minimum atomic E-state index is -1.96. The van der Waals surface area contributed by atoms with E-state index < -0.39 is 16.5 Å². The summed E-state index contributed by atoms with van der Waals surface area (Å²) in [5, 5.41) is 9.08. The van der Waals surface area contributed by atoms with Gasteiger partial charge in [-0.15, -0.1) is 0 Å². The molecule has 0 aliphatic heterocycles. The van der Waals surface area contributed by atoms with Crippen LogP contribution in [0.1, 0.15) is 95.9 Å². The molecule has 0 atom stereocenters. The Hall–Kier alpha value is -6.32. The average molecular weight is 931 g/mol. The van der Waals surface area contributed by atoms with Crippen molar-refractivity contribution in [2.45, 2.75) is 103 Å². The largest absolute Gasteiger partial charge is 0.453 e. The summed E-state index contributed by atoms with van der Waals surface area (Å²) in [5.74, 6) is 1.31. The maximum atomic E-state index is 7.25. The van der Waals surface area contributed by atoms with Gasteiger partial charge in [0, 0.05) is 32.7 Å². The Kier molecular flexibility index (Phi) is 10.0. The van der Waals surface area contributed by atoms with Gasteiger partial charge in [-0.3, -0.25) is 0 Å². The molecule has 0 bridgehead atoms. The lowest BCUT2D eigenvalue weighted by Crippen LogP contribution is -2.05. The smallest absolute Gasteiger partial charge is 0.390 e. The lowest BCUT2D eigenvalue weighted by atomic mass is 9.84. The third-order valence-electron chi connectivity index (χ3n) is 15.5. The van der Waals surface area contributed by atoms with E-state index in [0.717, 1.165) is 106 Å². The van der Waals surface area contributed by atoms with Crippen LogP contribution in [0.15, 0.2) is 138 Å². The monoisotopic (exact) mass is 930 g/mol. The molecular weight excluding hydrogens is 879 g/mol. The third-order valence-corrected chi connectivity index (χ3v) is 17.6. The number of rotatable bonds is 5. The van der Waals surface area contributed by atoms with Gasteiger partial charge in [0.25, 0.3) is 0 Å². The minimum absolute atomic E-state index is 0.654. The zero-order chi connectivity index (χ0) is 44.7. The van der Waals surface area contributed by atoms with Gasteiger partial charge in [0.1, 0.15) is 33.8 Å². The molecular formula is C60H52O6P2. The zero-order valence-electron chi connectivity index (χ0n) is 38.2. The molecule has 4 aliphatic carbocycles. The molecule has 8 heteroatoms. The van der Waals surface area contributed by atoms with Crippen molar-refractivity contribution in [2.75, 3.05) is 0 Å². The van der Waals surface area contributed by atoms with Crippen LogP contribution in [0.2, 0.25) is 0 Å². The molecule has 4 aliphatic rings. The lowest BCUT2D eigenvalue weighted by Gasteiger charge is -2.20. The van der Waals surface area contributed by atoms with Crippen LogP contribution in [-0.4, -0.2) is 0 Å². The second-order valence-corrected chi connectivity index (χ2v) is 21.4. The summed E-state index contributed by atoms with van der Waals surface area (Å²) >= 11 is 0. The van der Waals surface area contributed by atoms with Gasteiger partial charge < -0.3 is 25.8 Å². The first kappa shape index (κ1) is 40.7. The topological polar surface area (TPSA) is 71.0 Å². The van der Waals surface area contributed by atoms with Crippen molar-refractivity contribution in [2.24, 2.45) is 0 Å². The zero-order valence-corrected chi connectivity index (χ0v) is 40.0. The standard InChI is InChI=1S/C60H52O6P2/c1-7-19-43-37(13-1)25-31-49-55(43)56-44-20-8-2-14-38(44)26-32-50(56)62-67(61-49)65-53-35-29-41-17-5-11-23-47(41)59(53)60-48-24-12-6-18-42(48)30-36-54(60)66-68-63-51-33-27-39-15-3-9-21-45(39)57(51)58-46-22-10-4-16-40(46)28-34-52(58)64-68/h5-6,11-12,17-18,23-36H,1-4,7-10,13-16,19-22H2. The van der Waals surface area contributed by atoms with Gasteiger partial charge in [0.05, 0.1) is 0 Å². The third kappa shape index (κ3) is 6.81. The van der Waals surface area contributed by atoms with Crippen molar-refractivity contribution < 1.29 is 25.8 Å². The van der Waals surface area contributed by atoms with Crippen LogP contribution in [0, 0.1) is 0 Å². The van der Waals surface area contributed by atoms with E-state index in [2.05, 4.69) is 121 Å². The van der Waals surface area contributed by atoms with Crippen LogP contribution in [0.5, 0.6) is 11.5 Å². The second-order valence-electron chi connectivity index (χ2n) is 19.4. The number of hydrogen-bond acceptors (Lipinski definition) is 6. The van der Waals surface area contributed by atoms with Crippen molar-refractivity contribution >= 4 is 81.9 Å². The predicted molar refractivity (Wildman–Crippen MR) is 278 cm³/mol. The van der Waals surface area contributed by atoms with Crippen molar-refractivity contribution in [3.63, 3.8) is 0 Å². The average Bonchev–Trinajstić information content (AvgIpc) is 3.66. The Morgan fingerprint density at radius 3 is 0.956 bits per heavy atom. The van der Waals surface area contributed by atoms with Crippen LogP contribution in [-0.2, 0) is 51.4 Å². The molecule has 2 aromatic heterocycles. The van der Waals surface area contributed by atoms with E-state index in [1.165, 1.54) is 117 Å². The summed E-state index contributed by atoms with van der Waals surface area (Å²) in [4.78, 5) is 0. The Bertz CT molecular complexity index is 3380. The maximum absolute atomic E-state index is 7.25. The van der Waals surface area contributed by atoms with Crippen molar-refractivity contribution in [1.29, 1.82) is 0 Å². The van der Waals surface area contributed by atoms with E-state index >= 15 is 0 Å². The fourth-order valence-electron chi connectivity index (χ4n) is 12.4. The number of aryl methyl sites for hydroxylation is 8. The Labute approximate surface area is 397 Å². The summed E-state index contributed by atoms with van der Waals surface area (Å²) in [7, 11) is -3.92. The molecule has 0 amide bonds. The predicted octanol–water partition coefficient (Wildman–Crippen LogP) is 18.1. The molecule has 338 valence electrons. The molecule has 8 aromatic carbocycles. The highest BCUT2D eigenvalue weighted by Crippen LogP contribution is 2.52. The van der Waals surface area contributed by atoms with Crippen LogP contribution in [0.4, 0.5) is 0 Å². The highest BCUT2D eigenvalue weighted by molar-refractivity contribution is 7.32. The van der Waals surface area contributed by atoms with Gasteiger partial charge in [0.15, 0.2) is 0 Å². The second kappa shape index (κ2) is 16.7. The first-order chi connectivity index (χ1) is 33.7. The van der Waals surface area contributed by atoms with Crippen LogP contribution < -0.4 is 9.05 Å². The van der Waals surface area contributed by atoms with Gasteiger partial charge in [-0.05, 0) is 205 Å². The van der Waals surface area contributed by atoms with E-state index in [-0.39, 0.29) is 0 Å². The Balaban J connectivity index is 0.993. The van der Waals surface area contributed by atoms with E-state index in [0.29, 0.717) is 11.5 Å². The molecule has 0 fully saturated rings. The van der Waals surface area contributed by atoms with E-state index in [9.17, 15) is 0 Å². The molecule has 6 nitrogen and oxygen atoms in total. The van der Waals surface area contributed by atoms with E-state index in [4.69, 9.17) is 25.8 Å². The molecule has 68 heavy (non-hydrogen) atoms. The molecule has 0 N–H and O–H groups in total. The molecule has 14 rings (SSSR count). The summed E-state index contributed by atoms with van der Waals surface area (Å²) in [5.41, 5.74) is 16.6. The van der Waals surface area contributed by atoms with Crippen molar-refractivity contribution in [3.05, 3.63) is 166 Å². The van der Waals surface area contributed by atoms with Gasteiger partial charge in [0.2, 0.25) is 0 Å². The van der Waals surface area contributed by atoms with E-state index in [1.54, 1.807) is 0 Å². The normalized spacial score (nSPS) is 15.6. The summed E-state index contributed by atoms with van der Waals surface area (Å²) in [6, 6.07) is 43.3. The first-order valence-electron chi connectivity index (χ1n) is 25.0. The van der Waals surface area contributed by atoms with Crippen LogP contribution >= 0.6 is 16.5 Å². The fourth-order valence-corrected chi connectivity index (χ4v) is 14.5. The molecule has 0 saturated heterocycles. The number of benzene rings is 8. The van der Waals surface area contributed by atoms with E-state index in [1.807, 2.05) is 0 Å². The minimum Gasteiger partial charge on any atom is -0.390 e. The van der Waals surface area contributed by atoms with Crippen molar-refractivity contribution in [3.8, 4) is 22.6 Å². The summed E-state index contributed by atoms with van der Waals surface area (Å²) in [6.07, 6.45) is 18.1. The molecule has 0 unspecified atom stereocenters. The van der Waals surface area contributed by atoms with Gasteiger partial charge in [-0.1, -0.05) is 84.9 Å². The van der Waals surface area contributed by atoms with Gasteiger partial charge in [-0.2, -0.15) is 0 Å². The molecule has 0 radical (unpaired) electrons. The van der Waals surface area contributed by atoms with Crippen LogP contribution in [0.3, 0.4) is 0 Å². The molecule has 2 heterocycles. The number of hydrogen-bond donors (Lipinski definition) is 0.